The van der Waals surface area contributed by atoms with E-state index in [4.69, 9.17) is 5.11 Å². The highest BCUT2D eigenvalue weighted by molar-refractivity contribution is 4.31. The molecule has 12 heavy (non-hydrogen) atoms. The number of hydrogen-bond acceptors (Lipinski definition) is 2. The molecule has 0 aromatic carbocycles. The summed E-state index contributed by atoms with van der Waals surface area (Å²) < 4.78 is 0. The van der Waals surface area contributed by atoms with Crippen LogP contribution in [0.1, 0.15) is 59.3 Å². The monoisotopic (exact) mass is 177 g/mol. The molecular weight excluding hydrogens is 150 g/mol. The summed E-state index contributed by atoms with van der Waals surface area (Å²) in [5.41, 5.74) is 0. The fourth-order valence-corrected chi connectivity index (χ4v) is 0.658. The lowest BCUT2D eigenvalue weighted by atomic mass is 10.2. The molecule has 0 rings (SSSR count). The van der Waals surface area contributed by atoms with Crippen LogP contribution < -0.4 is 6.15 Å². The van der Waals surface area contributed by atoms with Crippen molar-refractivity contribution in [2.45, 2.75) is 59.3 Å². The van der Waals surface area contributed by atoms with Crippen molar-refractivity contribution in [2.75, 3.05) is 6.61 Å². The first-order chi connectivity index (χ1) is 5.33. The van der Waals surface area contributed by atoms with Gasteiger partial charge in [0, 0.05) is 6.61 Å². The van der Waals surface area contributed by atoms with Crippen molar-refractivity contribution in [2.24, 2.45) is 0 Å². The van der Waals surface area contributed by atoms with Crippen LogP contribution in [0.4, 0.5) is 0 Å². The molecule has 78 valence electrons. The van der Waals surface area contributed by atoms with Crippen LogP contribution in [-0.2, 0) is 0 Å². The van der Waals surface area contributed by atoms with E-state index in [1.54, 1.807) is 0 Å². The third-order valence-electron chi connectivity index (χ3n) is 1.47. The van der Waals surface area contributed by atoms with Crippen LogP contribution in [0, 0.1) is 0 Å². The van der Waals surface area contributed by atoms with Crippen molar-refractivity contribution in [3.8, 4) is 0 Å². The molecule has 0 radical (unpaired) electrons. The van der Waals surface area contributed by atoms with Gasteiger partial charge in [-0.2, -0.15) is 0 Å². The normalized spacial score (nSPS) is 8.00. The second-order valence-electron chi connectivity index (χ2n) is 2.78. The maximum atomic E-state index is 8.07. The minimum atomic E-state index is 0. The molecule has 4 N–H and O–H groups in total. The van der Waals surface area contributed by atoms with Crippen LogP contribution in [0.25, 0.3) is 0 Å². The Labute approximate surface area is 78.0 Å². The number of unbranched alkanes of at least 4 members (excludes halogenated alkanes) is 4. The van der Waals surface area contributed by atoms with E-state index < -0.39 is 0 Å². The maximum Gasteiger partial charge on any atom is 0.0430 e. The third-order valence-corrected chi connectivity index (χ3v) is 1.47. The molecular formula is C10H27NO. The Morgan fingerprint density at radius 2 is 1.08 bits per heavy atom. The van der Waals surface area contributed by atoms with Gasteiger partial charge in [-0.25, -0.2) is 0 Å². The molecule has 0 fully saturated rings. The molecule has 0 aliphatic carbocycles. The van der Waals surface area contributed by atoms with Crippen molar-refractivity contribution in [1.82, 2.24) is 6.15 Å². The van der Waals surface area contributed by atoms with Gasteiger partial charge in [0.15, 0.2) is 0 Å². The minimum absolute atomic E-state index is 0. The lowest BCUT2D eigenvalue weighted by Gasteiger charge is -1.86. The molecule has 0 aliphatic rings. The topological polar surface area (TPSA) is 55.2 Å². The van der Waals surface area contributed by atoms with Gasteiger partial charge in [-0.15, -0.1) is 0 Å². The van der Waals surface area contributed by atoms with Gasteiger partial charge in [-0.05, 0) is 6.42 Å². The summed E-state index contributed by atoms with van der Waals surface area (Å²) in [6.07, 6.45) is 7.57. The Hall–Kier alpha value is -0.0800. The first-order valence-corrected chi connectivity index (χ1v) is 4.94. The van der Waals surface area contributed by atoms with E-state index in [0.29, 0.717) is 6.61 Å². The van der Waals surface area contributed by atoms with Crippen LogP contribution >= 0.6 is 0 Å². The van der Waals surface area contributed by atoms with Crippen molar-refractivity contribution < 1.29 is 5.11 Å². The molecule has 2 nitrogen and oxygen atoms in total. The average Bonchev–Trinajstić information content (AvgIpc) is 2.04. The van der Waals surface area contributed by atoms with Crippen molar-refractivity contribution >= 4 is 0 Å². The molecule has 0 spiro atoms. The second-order valence-corrected chi connectivity index (χ2v) is 2.78. The molecule has 0 atom stereocenters. The van der Waals surface area contributed by atoms with Crippen LogP contribution in [0.3, 0.4) is 0 Å². The average molecular weight is 177 g/mol. The summed E-state index contributed by atoms with van der Waals surface area (Å²) >= 11 is 0. The second kappa shape index (κ2) is 22.4. The summed E-state index contributed by atoms with van der Waals surface area (Å²) in [5, 5.41) is 8.07. The summed E-state index contributed by atoms with van der Waals surface area (Å²) in [7, 11) is 0. The summed E-state index contributed by atoms with van der Waals surface area (Å²) in [6.45, 7) is 6.86. The molecule has 0 bridgehead atoms. The Bertz CT molecular complexity index is 43.1. The van der Waals surface area contributed by atoms with E-state index in [1.807, 2.05) is 0 Å². The van der Waals surface area contributed by atoms with E-state index in [2.05, 4.69) is 20.8 Å². The van der Waals surface area contributed by atoms with Crippen LogP contribution in [0.2, 0.25) is 0 Å². The molecule has 0 aliphatic heterocycles. The van der Waals surface area contributed by atoms with Gasteiger partial charge in [0.05, 0.1) is 0 Å². The van der Waals surface area contributed by atoms with E-state index in [0.717, 1.165) is 12.8 Å². The van der Waals surface area contributed by atoms with Crippen molar-refractivity contribution in [3.05, 3.63) is 0 Å². The van der Waals surface area contributed by atoms with Gasteiger partial charge in [0.2, 0.25) is 0 Å². The van der Waals surface area contributed by atoms with Gasteiger partial charge in [-0.3, -0.25) is 0 Å². The fourth-order valence-electron chi connectivity index (χ4n) is 0.658. The number of aliphatic hydroxyl groups excluding tert-OH is 1. The zero-order valence-corrected chi connectivity index (χ0v) is 9.10. The van der Waals surface area contributed by atoms with Crippen LogP contribution in [0.15, 0.2) is 0 Å². The highest BCUT2D eigenvalue weighted by Crippen LogP contribution is 1.95. The highest BCUT2D eigenvalue weighted by Gasteiger charge is 1.75. The number of aliphatic hydroxyl groups is 1. The summed E-state index contributed by atoms with van der Waals surface area (Å²) in [5.74, 6) is 0. The number of hydrogen-bond donors (Lipinski definition) is 2. The SMILES string of the molecule is CCCCCC.CCCCO.N. The first-order valence-electron chi connectivity index (χ1n) is 4.94. The predicted octanol–water partition coefficient (Wildman–Crippen LogP) is 3.53. The Balaban J connectivity index is -0.000000126. The molecule has 0 aromatic heterocycles. The van der Waals surface area contributed by atoms with Crippen LogP contribution in [-0.4, -0.2) is 11.7 Å². The van der Waals surface area contributed by atoms with Crippen molar-refractivity contribution in [3.63, 3.8) is 0 Å². The van der Waals surface area contributed by atoms with Gasteiger partial charge < -0.3 is 11.3 Å². The fraction of sp³-hybridized carbons (Fsp3) is 1.00. The van der Waals surface area contributed by atoms with E-state index in [9.17, 15) is 0 Å². The minimum Gasteiger partial charge on any atom is -0.396 e. The quantitative estimate of drug-likeness (QED) is 0.631. The Morgan fingerprint density at radius 3 is 1.17 bits per heavy atom. The molecule has 0 unspecified atom stereocenters. The third kappa shape index (κ3) is 32.6. The van der Waals surface area contributed by atoms with Gasteiger partial charge in [0.25, 0.3) is 0 Å². The van der Waals surface area contributed by atoms with Crippen molar-refractivity contribution in [1.29, 1.82) is 0 Å². The van der Waals surface area contributed by atoms with Gasteiger partial charge >= 0.3 is 0 Å². The molecule has 0 saturated heterocycles. The zero-order chi connectivity index (χ0) is 8.95. The Morgan fingerprint density at radius 1 is 0.750 bits per heavy atom. The van der Waals surface area contributed by atoms with Gasteiger partial charge in [-0.1, -0.05) is 52.9 Å². The Kier molecular flexibility index (Phi) is 33.4. The highest BCUT2D eigenvalue weighted by atomic mass is 16.2. The molecule has 0 saturated carbocycles. The summed E-state index contributed by atoms with van der Waals surface area (Å²) in [4.78, 5) is 0. The first kappa shape index (κ1) is 17.9. The number of rotatable bonds is 5. The smallest absolute Gasteiger partial charge is 0.0430 e. The predicted molar refractivity (Wildman–Crippen MR) is 56.8 cm³/mol. The lowest BCUT2D eigenvalue weighted by molar-refractivity contribution is 0.287. The molecule has 0 amide bonds. The molecule has 0 aromatic rings. The standard InChI is InChI=1S/C6H14.C4H10O.H3N/c1-3-5-6-4-2;1-2-3-4-5;/h3-6H2,1-2H3;5H,2-4H2,1H3;1H3. The van der Waals surface area contributed by atoms with E-state index in [-0.39, 0.29) is 6.15 Å². The van der Waals surface area contributed by atoms with E-state index in [1.165, 1.54) is 25.7 Å². The maximum absolute atomic E-state index is 8.07. The largest absolute Gasteiger partial charge is 0.396 e. The van der Waals surface area contributed by atoms with Gasteiger partial charge in [0.1, 0.15) is 0 Å². The lowest BCUT2D eigenvalue weighted by Crippen LogP contribution is -1.75. The van der Waals surface area contributed by atoms with E-state index >= 15 is 0 Å². The van der Waals surface area contributed by atoms with Crippen LogP contribution in [0.5, 0.6) is 0 Å². The summed E-state index contributed by atoms with van der Waals surface area (Å²) in [6, 6.07) is 0. The zero-order valence-electron chi connectivity index (χ0n) is 9.10. The molecule has 2 heteroatoms. The molecule has 0 heterocycles.